The second-order valence-electron chi connectivity index (χ2n) is 4.29. The van der Waals surface area contributed by atoms with Crippen LogP contribution in [0.2, 0.25) is 0 Å². The highest BCUT2D eigenvalue weighted by molar-refractivity contribution is 5.99. The Labute approximate surface area is 112 Å². The van der Waals surface area contributed by atoms with Crippen molar-refractivity contribution in [1.82, 2.24) is 4.98 Å². The van der Waals surface area contributed by atoms with Crippen molar-refractivity contribution in [3.63, 3.8) is 0 Å². The van der Waals surface area contributed by atoms with E-state index in [1.54, 1.807) is 6.07 Å². The predicted octanol–water partition coefficient (Wildman–Crippen LogP) is 3.60. The minimum Gasteiger partial charge on any atom is -0.308 e. The number of carbonyl (C=O) groups is 1. The summed E-state index contributed by atoms with van der Waals surface area (Å²) in [4.78, 5) is 16.0. The van der Waals surface area contributed by atoms with E-state index in [0.717, 1.165) is 17.8 Å². The molecule has 0 atom stereocenters. The average molecular weight is 255 g/mol. The number of anilines is 2. The Morgan fingerprint density at radius 1 is 1.11 bits per heavy atom. The summed E-state index contributed by atoms with van der Waals surface area (Å²) in [6.45, 7) is 3.98. The molecule has 0 radical (unpaired) electrons. The van der Waals surface area contributed by atoms with Crippen LogP contribution in [0.1, 0.15) is 18.2 Å². The maximum absolute atomic E-state index is 11.8. The Morgan fingerprint density at radius 3 is 2.47 bits per heavy atom. The first-order chi connectivity index (χ1) is 9.17. The number of urea groups is 1. The SMILES string of the molecule is CCc1ccc(NC(=O)Nc2cccc(C)n2)cc1. The third-order valence-corrected chi connectivity index (χ3v) is 2.75. The van der Waals surface area contributed by atoms with Crippen molar-refractivity contribution in [2.75, 3.05) is 10.6 Å². The standard InChI is InChI=1S/C15H17N3O/c1-3-12-7-9-13(10-8-12)17-15(19)18-14-6-4-5-11(2)16-14/h4-10H,3H2,1-2H3,(H2,16,17,18,19). The molecule has 0 aliphatic heterocycles. The third kappa shape index (κ3) is 3.81. The van der Waals surface area contributed by atoms with Gasteiger partial charge in [-0.3, -0.25) is 5.32 Å². The van der Waals surface area contributed by atoms with Gasteiger partial charge in [-0.2, -0.15) is 0 Å². The number of aryl methyl sites for hydroxylation is 2. The van der Waals surface area contributed by atoms with Gasteiger partial charge < -0.3 is 5.32 Å². The monoisotopic (exact) mass is 255 g/mol. The number of amides is 2. The minimum absolute atomic E-state index is 0.289. The van der Waals surface area contributed by atoms with E-state index in [0.29, 0.717) is 5.82 Å². The highest BCUT2D eigenvalue weighted by Crippen LogP contribution is 2.11. The van der Waals surface area contributed by atoms with Crippen molar-refractivity contribution in [3.05, 3.63) is 53.7 Å². The Hall–Kier alpha value is -2.36. The molecule has 0 fully saturated rings. The first-order valence-electron chi connectivity index (χ1n) is 6.28. The molecule has 0 aliphatic rings. The van der Waals surface area contributed by atoms with Crippen molar-refractivity contribution in [3.8, 4) is 0 Å². The largest absolute Gasteiger partial charge is 0.324 e. The van der Waals surface area contributed by atoms with Crippen molar-refractivity contribution in [1.29, 1.82) is 0 Å². The fourth-order valence-electron chi connectivity index (χ4n) is 1.72. The molecule has 0 aliphatic carbocycles. The summed E-state index contributed by atoms with van der Waals surface area (Å²) in [5.74, 6) is 0.544. The molecule has 0 unspecified atom stereocenters. The number of rotatable bonds is 3. The molecule has 0 saturated heterocycles. The number of hydrogen-bond donors (Lipinski definition) is 2. The maximum Gasteiger partial charge on any atom is 0.324 e. The molecule has 2 rings (SSSR count). The van der Waals surface area contributed by atoms with Gasteiger partial charge in [0.1, 0.15) is 5.82 Å². The molecule has 19 heavy (non-hydrogen) atoms. The van der Waals surface area contributed by atoms with Crippen LogP contribution >= 0.6 is 0 Å². The molecular formula is C15H17N3O. The number of benzene rings is 1. The van der Waals surface area contributed by atoms with Gasteiger partial charge in [-0.1, -0.05) is 25.1 Å². The van der Waals surface area contributed by atoms with Crippen molar-refractivity contribution in [2.24, 2.45) is 0 Å². The molecule has 0 saturated carbocycles. The number of carbonyl (C=O) groups excluding carboxylic acids is 1. The van der Waals surface area contributed by atoms with Gasteiger partial charge in [0.2, 0.25) is 0 Å². The van der Waals surface area contributed by atoms with Gasteiger partial charge in [-0.25, -0.2) is 9.78 Å². The fourth-order valence-corrected chi connectivity index (χ4v) is 1.72. The van der Waals surface area contributed by atoms with Crippen LogP contribution < -0.4 is 10.6 Å². The van der Waals surface area contributed by atoms with E-state index in [4.69, 9.17) is 0 Å². The predicted molar refractivity (Wildman–Crippen MR) is 77.4 cm³/mol. The molecule has 1 aromatic heterocycles. The first-order valence-corrected chi connectivity index (χ1v) is 6.28. The van der Waals surface area contributed by atoms with Crippen LogP contribution in [-0.4, -0.2) is 11.0 Å². The average Bonchev–Trinajstić information content (AvgIpc) is 2.39. The van der Waals surface area contributed by atoms with Crippen LogP contribution in [0, 0.1) is 6.92 Å². The number of pyridine rings is 1. The molecule has 2 aromatic rings. The summed E-state index contributed by atoms with van der Waals surface area (Å²) >= 11 is 0. The number of nitrogens with one attached hydrogen (secondary N) is 2. The van der Waals surface area contributed by atoms with Gasteiger partial charge in [0.05, 0.1) is 0 Å². The maximum atomic E-state index is 11.8. The lowest BCUT2D eigenvalue weighted by Crippen LogP contribution is -2.20. The van der Waals surface area contributed by atoms with E-state index >= 15 is 0 Å². The van der Waals surface area contributed by atoms with Crippen LogP contribution in [0.15, 0.2) is 42.5 Å². The normalized spacial score (nSPS) is 10.0. The number of hydrogen-bond acceptors (Lipinski definition) is 2. The zero-order valence-corrected chi connectivity index (χ0v) is 11.1. The molecule has 0 bridgehead atoms. The van der Waals surface area contributed by atoms with E-state index in [1.165, 1.54) is 5.56 Å². The molecule has 2 N–H and O–H groups in total. The summed E-state index contributed by atoms with van der Waals surface area (Å²) < 4.78 is 0. The fraction of sp³-hybridized carbons (Fsp3) is 0.200. The molecule has 98 valence electrons. The Morgan fingerprint density at radius 2 is 1.84 bits per heavy atom. The van der Waals surface area contributed by atoms with Crippen LogP contribution in [0.3, 0.4) is 0 Å². The lowest BCUT2D eigenvalue weighted by molar-refractivity contribution is 0.262. The second-order valence-corrected chi connectivity index (χ2v) is 4.29. The highest BCUT2D eigenvalue weighted by atomic mass is 16.2. The van der Waals surface area contributed by atoms with Gasteiger partial charge in [-0.05, 0) is 43.2 Å². The second kappa shape index (κ2) is 6.00. The molecular weight excluding hydrogens is 238 g/mol. The van der Waals surface area contributed by atoms with E-state index in [1.807, 2.05) is 43.3 Å². The minimum atomic E-state index is -0.289. The van der Waals surface area contributed by atoms with Crippen molar-refractivity contribution < 1.29 is 4.79 Å². The number of nitrogens with zero attached hydrogens (tertiary/aromatic N) is 1. The molecule has 1 heterocycles. The van der Waals surface area contributed by atoms with Crippen LogP contribution in [0.5, 0.6) is 0 Å². The van der Waals surface area contributed by atoms with Crippen molar-refractivity contribution in [2.45, 2.75) is 20.3 Å². The van der Waals surface area contributed by atoms with Gasteiger partial charge in [0, 0.05) is 11.4 Å². The zero-order valence-electron chi connectivity index (χ0n) is 11.1. The smallest absolute Gasteiger partial charge is 0.308 e. The van der Waals surface area contributed by atoms with E-state index in [2.05, 4.69) is 22.5 Å². The van der Waals surface area contributed by atoms with Gasteiger partial charge in [0.15, 0.2) is 0 Å². The molecule has 0 spiro atoms. The summed E-state index contributed by atoms with van der Waals surface area (Å²) in [6, 6.07) is 13.0. The first kappa shape index (κ1) is 13.1. The molecule has 2 amide bonds. The lowest BCUT2D eigenvalue weighted by atomic mass is 10.1. The van der Waals surface area contributed by atoms with E-state index < -0.39 is 0 Å². The van der Waals surface area contributed by atoms with Crippen LogP contribution in [0.4, 0.5) is 16.3 Å². The Kier molecular flexibility index (Phi) is 4.13. The molecule has 1 aromatic carbocycles. The van der Waals surface area contributed by atoms with E-state index in [9.17, 15) is 4.79 Å². The van der Waals surface area contributed by atoms with Crippen LogP contribution in [0.25, 0.3) is 0 Å². The summed E-state index contributed by atoms with van der Waals surface area (Å²) in [5.41, 5.74) is 2.87. The lowest BCUT2D eigenvalue weighted by Gasteiger charge is -2.08. The molecule has 4 nitrogen and oxygen atoms in total. The Balaban J connectivity index is 1.97. The Bertz CT molecular complexity index is 564. The third-order valence-electron chi connectivity index (χ3n) is 2.75. The topological polar surface area (TPSA) is 54.0 Å². The van der Waals surface area contributed by atoms with Gasteiger partial charge >= 0.3 is 6.03 Å². The van der Waals surface area contributed by atoms with Gasteiger partial charge in [-0.15, -0.1) is 0 Å². The zero-order chi connectivity index (χ0) is 13.7. The quantitative estimate of drug-likeness (QED) is 0.880. The van der Waals surface area contributed by atoms with E-state index in [-0.39, 0.29) is 6.03 Å². The summed E-state index contributed by atoms with van der Waals surface area (Å²) in [5, 5.41) is 5.47. The van der Waals surface area contributed by atoms with Crippen LogP contribution in [-0.2, 0) is 6.42 Å². The van der Waals surface area contributed by atoms with Gasteiger partial charge in [0.25, 0.3) is 0 Å². The summed E-state index contributed by atoms with van der Waals surface area (Å²) in [7, 11) is 0. The molecule has 4 heteroatoms. The number of aromatic nitrogens is 1. The highest BCUT2D eigenvalue weighted by Gasteiger charge is 2.03. The summed E-state index contributed by atoms with van der Waals surface area (Å²) in [6.07, 6.45) is 0.986. The van der Waals surface area contributed by atoms with Crippen molar-refractivity contribution >= 4 is 17.5 Å².